The molecule has 1 heterocycles. The molecule has 3 atom stereocenters. The van der Waals surface area contributed by atoms with E-state index in [1.165, 1.54) is 0 Å². The van der Waals surface area contributed by atoms with Crippen LogP contribution < -0.4 is 5.73 Å². The van der Waals surface area contributed by atoms with Gasteiger partial charge in [0.05, 0.1) is 18.7 Å². The molecule has 0 spiro atoms. The summed E-state index contributed by atoms with van der Waals surface area (Å²) in [7, 11) is 0. The fourth-order valence-electron chi connectivity index (χ4n) is 1.85. The highest BCUT2D eigenvalue weighted by Gasteiger charge is 2.48. The van der Waals surface area contributed by atoms with Crippen LogP contribution >= 0.6 is 12.4 Å². The van der Waals surface area contributed by atoms with Gasteiger partial charge in [0, 0.05) is 6.42 Å². The Morgan fingerprint density at radius 2 is 2.22 bits per heavy atom. The molecule has 104 valence electrons. The molecule has 4 nitrogen and oxygen atoms in total. The van der Waals surface area contributed by atoms with E-state index in [1.807, 2.05) is 6.92 Å². The van der Waals surface area contributed by atoms with Gasteiger partial charge in [-0.25, -0.2) is 8.78 Å². The van der Waals surface area contributed by atoms with Crippen LogP contribution in [-0.4, -0.2) is 35.4 Å². The fourth-order valence-corrected chi connectivity index (χ4v) is 1.85. The third kappa shape index (κ3) is 3.53. The molecule has 0 saturated carbocycles. The van der Waals surface area contributed by atoms with E-state index in [0.717, 1.165) is 4.90 Å². The van der Waals surface area contributed by atoms with Gasteiger partial charge in [-0.3, -0.25) is 4.79 Å². The van der Waals surface area contributed by atoms with Crippen molar-refractivity contribution < 1.29 is 13.6 Å². The zero-order chi connectivity index (χ0) is 13.2. The predicted molar refractivity (Wildman–Crippen MR) is 65.4 cm³/mol. The van der Waals surface area contributed by atoms with Gasteiger partial charge in [-0.15, -0.1) is 12.4 Å². The highest BCUT2D eigenvalue weighted by molar-refractivity contribution is 5.85. The number of nitrogens with zero attached hydrogens (tertiary/aromatic N) is 2. The number of hydrogen-bond donors (Lipinski definition) is 1. The van der Waals surface area contributed by atoms with Crippen LogP contribution in [-0.2, 0) is 4.79 Å². The van der Waals surface area contributed by atoms with Crippen molar-refractivity contribution in [2.45, 2.75) is 44.7 Å². The lowest BCUT2D eigenvalue weighted by Gasteiger charge is -2.25. The molecule has 7 heteroatoms. The fraction of sp³-hybridized carbons (Fsp3) is 0.818. The summed E-state index contributed by atoms with van der Waals surface area (Å²) in [6, 6.07) is -0.146. The molecular formula is C11H18ClF2N3O. The Labute approximate surface area is 112 Å². The molecule has 2 N–H and O–H groups in total. The minimum atomic E-state index is -2.98. The molecule has 0 aliphatic carbocycles. The molecule has 1 amide bonds. The minimum absolute atomic E-state index is 0. The first-order valence-electron chi connectivity index (χ1n) is 5.66. The van der Waals surface area contributed by atoms with Crippen LogP contribution in [0.3, 0.4) is 0 Å². The molecule has 0 unspecified atom stereocenters. The van der Waals surface area contributed by atoms with Gasteiger partial charge < -0.3 is 10.6 Å². The molecule has 0 aromatic rings. The van der Waals surface area contributed by atoms with Crippen LogP contribution in [0.5, 0.6) is 0 Å². The zero-order valence-electron chi connectivity index (χ0n) is 10.4. The van der Waals surface area contributed by atoms with Crippen LogP contribution in [0.2, 0.25) is 0 Å². The number of carbonyl (C=O) groups is 1. The van der Waals surface area contributed by atoms with Crippen LogP contribution in [0.4, 0.5) is 8.78 Å². The minimum Gasteiger partial charge on any atom is -0.320 e. The first-order valence-corrected chi connectivity index (χ1v) is 5.66. The maximum absolute atomic E-state index is 13.2. The quantitative estimate of drug-likeness (QED) is 0.853. The standard InChI is InChI=1S/C11H17F2N3O.ClH/c1-3-7(2)9(15)10(17)16-6-11(12,13)4-8(16)5-14;/h7-9H,3-4,6,15H2,1-2H3;1H/t7-,8-,9-;/m0./s1. The lowest BCUT2D eigenvalue weighted by Crippen LogP contribution is -2.49. The van der Waals surface area contributed by atoms with Crippen molar-refractivity contribution in [2.24, 2.45) is 11.7 Å². The van der Waals surface area contributed by atoms with Crippen molar-refractivity contribution in [1.29, 1.82) is 5.26 Å². The Bertz CT molecular complexity index is 346. The van der Waals surface area contributed by atoms with Crippen LogP contribution in [0.15, 0.2) is 0 Å². The molecule has 0 radical (unpaired) electrons. The van der Waals surface area contributed by atoms with Crippen molar-refractivity contribution in [3.05, 3.63) is 0 Å². The molecule has 0 bridgehead atoms. The summed E-state index contributed by atoms with van der Waals surface area (Å²) < 4.78 is 26.3. The number of hydrogen-bond acceptors (Lipinski definition) is 3. The number of alkyl halides is 2. The number of likely N-dealkylation sites (tertiary alicyclic amines) is 1. The largest absolute Gasteiger partial charge is 0.320 e. The third-order valence-corrected chi connectivity index (χ3v) is 3.24. The average molecular weight is 282 g/mol. The number of rotatable bonds is 3. The van der Waals surface area contributed by atoms with Gasteiger partial charge in [0.15, 0.2) is 0 Å². The Morgan fingerprint density at radius 1 is 1.67 bits per heavy atom. The van der Waals surface area contributed by atoms with E-state index in [9.17, 15) is 13.6 Å². The third-order valence-electron chi connectivity index (χ3n) is 3.24. The van der Waals surface area contributed by atoms with E-state index in [1.54, 1.807) is 13.0 Å². The number of nitrogens with two attached hydrogens (primary N) is 1. The van der Waals surface area contributed by atoms with Crippen molar-refractivity contribution in [2.75, 3.05) is 6.54 Å². The molecule has 1 aliphatic heterocycles. The van der Waals surface area contributed by atoms with Gasteiger partial charge in [-0.05, 0) is 5.92 Å². The normalized spacial score (nSPS) is 24.9. The van der Waals surface area contributed by atoms with Crippen LogP contribution in [0.25, 0.3) is 0 Å². The van der Waals surface area contributed by atoms with Gasteiger partial charge in [0.2, 0.25) is 5.91 Å². The summed E-state index contributed by atoms with van der Waals surface area (Å²) in [6.07, 6.45) is 0.0941. The van der Waals surface area contributed by atoms with Crippen molar-refractivity contribution in [3.8, 4) is 6.07 Å². The summed E-state index contributed by atoms with van der Waals surface area (Å²) in [4.78, 5) is 12.8. The first-order chi connectivity index (χ1) is 7.82. The van der Waals surface area contributed by atoms with E-state index in [4.69, 9.17) is 11.0 Å². The number of halogens is 3. The summed E-state index contributed by atoms with van der Waals surface area (Å²) in [5.41, 5.74) is 5.71. The highest BCUT2D eigenvalue weighted by atomic mass is 35.5. The van der Waals surface area contributed by atoms with Gasteiger partial charge in [-0.1, -0.05) is 20.3 Å². The molecule has 18 heavy (non-hydrogen) atoms. The second-order valence-electron chi connectivity index (χ2n) is 4.58. The number of amides is 1. The Morgan fingerprint density at radius 3 is 2.67 bits per heavy atom. The molecule has 1 aliphatic rings. The van der Waals surface area contributed by atoms with Crippen molar-refractivity contribution >= 4 is 18.3 Å². The molecule has 0 aromatic heterocycles. The van der Waals surface area contributed by atoms with E-state index in [-0.39, 0.29) is 18.3 Å². The monoisotopic (exact) mass is 281 g/mol. The van der Waals surface area contributed by atoms with E-state index in [0.29, 0.717) is 6.42 Å². The molecular weight excluding hydrogens is 264 g/mol. The van der Waals surface area contributed by atoms with Crippen LogP contribution in [0, 0.1) is 17.2 Å². The zero-order valence-corrected chi connectivity index (χ0v) is 11.2. The summed E-state index contributed by atoms with van der Waals surface area (Å²) in [6.45, 7) is 2.96. The van der Waals surface area contributed by atoms with Gasteiger partial charge in [-0.2, -0.15) is 5.26 Å². The maximum atomic E-state index is 13.2. The van der Waals surface area contributed by atoms with E-state index in [2.05, 4.69) is 0 Å². The molecule has 1 rings (SSSR count). The number of carbonyl (C=O) groups excluding carboxylic acids is 1. The Balaban J connectivity index is 0.00000289. The SMILES string of the molecule is CC[C@H](C)[C@H](N)C(=O)N1CC(F)(F)C[C@H]1C#N.Cl. The molecule has 1 saturated heterocycles. The molecule has 0 aromatic carbocycles. The van der Waals surface area contributed by atoms with Gasteiger partial charge in [0.25, 0.3) is 5.92 Å². The second-order valence-corrected chi connectivity index (χ2v) is 4.58. The van der Waals surface area contributed by atoms with Crippen LogP contribution in [0.1, 0.15) is 26.7 Å². The number of nitriles is 1. The summed E-state index contributed by atoms with van der Waals surface area (Å²) in [5, 5.41) is 8.78. The van der Waals surface area contributed by atoms with Crippen molar-refractivity contribution in [3.63, 3.8) is 0 Å². The maximum Gasteiger partial charge on any atom is 0.268 e. The Kier molecular flexibility index (Phi) is 5.97. The highest BCUT2D eigenvalue weighted by Crippen LogP contribution is 2.32. The van der Waals surface area contributed by atoms with Gasteiger partial charge in [0.1, 0.15) is 6.04 Å². The van der Waals surface area contributed by atoms with Crippen molar-refractivity contribution in [1.82, 2.24) is 4.90 Å². The lowest BCUT2D eigenvalue weighted by molar-refractivity contribution is -0.135. The first kappa shape index (κ1) is 17.1. The molecule has 1 fully saturated rings. The average Bonchev–Trinajstić information content (AvgIpc) is 2.61. The van der Waals surface area contributed by atoms with E-state index < -0.39 is 36.9 Å². The van der Waals surface area contributed by atoms with Gasteiger partial charge >= 0.3 is 0 Å². The van der Waals surface area contributed by atoms with E-state index >= 15 is 0 Å². The smallest absolute Gasteiger partial charge is 0.268 e. The topological polar surface area (TPSA) is 70.1 Å². The summed E-state index contributed by atoms with van der Waals surface area (Å²) >= 11 is 0. The second kappa shape index (κ2) is 6.30. The lowest BCUT2D eigenvalue weighted by atomic mass is 9.99. The summed E-state index contributed by atoms with van der Waals surface area (Å²) in [5.74, 6) is -3.62. The predicted octanol–water partition coefficient (Wildman–Crippen LogP) is 1.54. The Hall–Kier alpha value is -0.930.